The van der Waals surface area contributed by atoms with Crippen molar-refractivity contribution in [3.05, 3.63) is 48.1 Å². The minimum absolute atomic E-state index is 0.254. The summed E-state index contributed by atoms with van der Waals surface area (Å²) in [7, 11) is 3.48. The Labute approximate surface area is 139 Å². The molecule has 4 rings (SSSR count). The lowest BCUT2D eigenvalue weighted by Crippen LogP contribution is -1.95. The number of rotatable bonds is 5. The number of benzene rings is 1. The Bertz CT molecular complexity index is 863. The van der Waals surface area contributed by atoms with Gasteiger partial charge in [-0.05, 0) is 30.0 Å². The van der Waals surface area contributed by atoms with Gasteiger partial charge in [0.25, 0.3) is 0 Å². The lowest BCUT2D eigenvalue weighted by molar-refractivity contribution is 0.378. The van der Waals surface area contributed by atoms with Crippen LogP contribution in [0.25, 0.3) is 11.5 Å². The van der Waals surface area contributed by atoms with E-state index in [4.69, 9.17) is 9.26 Å². The van der Waals surface area contributed by atoms with E-state index in [0.29, 0.717) is 29.1 Å². The van der Waals surface area contributed by atoms with E-state index in [1.807, 2.05) is 12.1 Å². The normalized spacial score (nSPS) is 19.1. The van der Waals surface area contributed by atoms with Crippen molar-refractivity contribution in [2.24, 2.45) is 0 Å². The molecule has 1 fully saturated rings. The molecule has 1 N–H and O–H groups in total. The van der Waals surface area contributed by atoms with E-state index in [0.717, 1.165) is 12.2 Å². The molecule has 1 saturated carbocycles. The molecule has 0 amide bonds. The Hall–Kier alpha value is -2.96. The zero-order chi connectivity index (χ0) is 16.5. The Balaban J connectivity index is 1.53. The van der Waals surface area contributed by atoms with Gasteiger partial charge >= 0.3 is 0 Å². The molecule has 24 heavy (non-hydrogen) atoms. The lowest BCUT2D eigenvalue weighted by atomic mass is 10.1. The van der Waals surface area contributed by atoms with Gasteiger partial charge in [-0.1, -0.05) is 17.3 Å². The van der Waals surface area contributed by atoms with Crippen LogP contribution in [0.5, 0.6) is 5.75 Å². The quantitative estimate of drug-likeness (QED) is 0.772. The molecule has 0 unspecified atom stereocenters. The van der Waals surface area contributed by atoms with Crippen LogP contribution in [0.3, 0.4) is 0 Å². The minimum Gasteiger partial charge on any atom is -0.497 e. The zero-order valence-corrected chi connectivity index (χ0v) is 13.4. The average molecular weight is 323 g/mol. The molecule has 0 saturated heterocycles. The highest BCUT2D eigenvalue weighted by atomic mass is 16.5. The molecule has 0 spiro atoms. The van der Waals surface area contributed by atoms with Crippen molar-refractivity contribution in [1.82, 2.24) is 20.1 Å². The van der Waals surface area contributed by atoms with Crippen LogP contribution < -0.4 is 10.1 Å². The molecular weight excluding hydrogens is 306 g/mol. The van der Waals surface area contributed by atoms with Gasteiger partial charge in [-0.3, -0.25) is 0 Å². The van der Waals surface area contributed by atoms with Crippen molar-refractivity contribution in [3.8, 4) is 17.3 Å². The van der Waals surface area contributed by atoms with Crippen LogP contribution in [0.4, 0.5) is 5.82 Å². The van der Waals surface area contributed by atoms with Gasteiger partial charge < -0.3 is 14.6 Å². The zero-order valence-electron chi connectivity index (χ0n) is 13.4. The van der Waals surface area contributed by atoms with E-state index in [2.05, 4.69) is 37.6 Å². The first kappa shape index (κ1) is 14.6. The highest BCUT2D eigenvalue weighted by Crippen LogP contribution is 2.54. The van der Waals surface area contributed by atoms with Gasteiger partial charge in [0.1, 0.15) is 23.6 Å². The molecule has 0 aliphatic heterocycles. The lowest BCUT2D eigenvalue weighted by Gasteiger charge is -2.02. The first-order valence-corrected chi connectivity index (χ1v) is 7.76. The van der Waals surface area contributed by atoms with Crippen LogP contribution in [0, 0.1) is 0 Å². The van der Waals surface area contributed by atoms with E-state index in [1.165, 1.54) is 11.9 Å². The Kier molecular flexibility index (Phi) is 3.60. The van der Waals surface area contributed by atoms with Crippen molar-refractivity contribution in [2.45, 2.75) is 18.3 Å². The standard InChI is InChI=1S/C17H17N5O2/c1-18-15-8-14(19-9-20-15)16-21-17(24-22-16)13-7-12(13)10-4-3-5-11(6-10)23-2/h3-6,8-9,12-13H,7H2,1-2H3,(H,18,19,20)/t12-,13+/m0/s1. The smallest absolute Gasteiger partial charge is 0.230 e. The first-order valence-electron chi connectivity index (χ1n) is 7.76. The molecule has 7 nitrogen and oxygen atoms in total. The fraction of sp³-hybridized carbons (Fsp3) is 0.294. The number of ether oxygens (including phenoxy) is 1. The van der Waals surface area contributed by atoms with Crippen molar-refractivity contribution in [1.29, 1.82) is 0 Å². The van der Waals surface area contributed by atoms with Crippen LogP contribution in [0.2, 0.25) is 0 Å². The molecule has 1 aliphatic carbocycles. The maximum absolute atomic E-state index is 5.45. The van der Waals surface area contributed by atoms with Crippen LogP contribution in [0.15, 0.2) is 41.2 Å². The largest absolute Gasteiger partial charge is 0.497 e. The Morgan fingerprint density at radius 1 is 1.21 bits per heavy atom. The predicted octanol–water partition coefficient (Wildman–Crippen LogP) is 2.85. The molecule has 7 heteroatoms. The topological polar surface area (TPSA) is 86.0 Å². The van der Waals surface area contributed by atoms with Gasteiger partial charge in [-0.15, -0.1) is 0 Å². The summed E-state index contributed by atoms with van der Waals surface area (Å²) in [4.78, 5) is 12.8. The summed E-state index contributed by atoms with van der Waals surface area (Å²) < 4.78 is 10.7. The SMILES string of the molecule is CNc1cc(-c2noc([C@@H]3C[C@H]3c3cccc(OC)c3)n2)ncn1. The van der Waals surface area contributed by atoms with E-state index in [9.17, 15) is 0 Å². The van der Waals surface area contributed by atoms with Gasteiger partial charge in [-0.2, -0.15) is 4.98 Å². The summed E-state index contributed by atoms with van der Waals surface area (Å²) in [5.74, 6) is 3.37. The number of aromatic nitrogens is 4. The van der Waals surface area contributed by atoms with Crippen LogP contribution in [-0.2, 0) is 0 Å². The summed E-state index contributed by atoms with van der Waals surface area (Å²) in [5, 5.41) is 7.03. The number of hydrogen-bond donors (Lipinski definition) is 1. The van der Waals surface area contributed by atoms with Crippen molar-refractivity contribution in [3.63, 3.8) is 0 Å². The second-order valence-electron chi connectivity index (χ2n) is 5.72. The summed E-state index contributed by atoms with van der Waals surface area (Å²) in [6, 6.07) is 9.91. The van der Waals surface area contributed by atoms with E-state index in [-0.39, 0.29) is 5.92 Å². The Morgan fingerprint density at radius 2 is 2.12 bits per heavy atom. The van der Waals surface area contributed by atoms with Crippen molar-refractivity contribution >= 4 is 5.82 Å². The number of nitrogens with one attached hydrogen (secondary N) is 1. The molecule has 2 atom stereocenters. The number of hydrogen-bond acceptors (Lipinski definition) is 7. The third-order valence-electron chi connectivity index (χ3n) is 4.22. The average Bonchev–Trinajstić information content (AvgIpc) is 3.30. The van der Waals surface area contributed by atoms with Crippen molar-refractivity contribution in [2.75, 3.05) is 19.5 Å². The molecule has 1 aliphatic rings. The molecule has 122 valence electrons. The number of anilines is 1. The molecular formula is C17H17N5O2. The monoisotopic (exact) mass is 323 g/mol. The second-order valence-corrected chi connectivity index (χ2v) is 5.72. The van der Waals surface area contributed by atoms with Crippen LogP contribution in [0.1, 0.15) is 29.7 Å². The molecule has 0 bridgehead atoms. The summed E-state index contributed by atoms with van der Waals surface area (Å²) in [5.41, 5.74) is 1.88. The van der Waals surface area contributed by atoms with E-state index in [1.54, 1.807) is 20.2 Å². The van der Waals surface area contributed by atoms with Crippen LogP contribution in [-0.4, -0.2) is 34.3 Å². The van der Waals surface area contributed by atoms with Gasteiger partial charge in [0, 0.05) is 19.0 Å². The maximum atomic E-state index is 5.45. The highest BCUT2D eigenvalue weighted by molar-refractivity contribution is 5.53. The molecule has 2 aromatic heterocycles. The van der Waals surface area contributed by atoms with Crippen LogP contribution >= 0.6 is 0 Å². The van der Waals surface area contributed by atoms with Gasteiger partial charge in [0.15, 0.2) is 0 Å². The third-order valence-corrected chi connectivity index (χ3v) is 4.22. The maximum Gasteiger partial charge on any atom is 0.230 e. The minimum atomic E-state index is 0.254. The predicted molar refractivity (Wildman–Crippen MR) is 88.0 cm³/mol. The molecule has 2 heterocycles. The second kappa shape index (κ2) is 5.92. The molecule has 1 aromatic carbocycles. The summed E-state index contributed by atoms with van der Waals surface area (Å²) in [6.07, 6.45) is 2.48. The van der Waals surface area contributed by atoms with Gasteiger partial charge in [-0.25, -0.2) is 9.97 Å². The number of methoxy groups -OCH3 is 1. The fourth-order valence-electron chi connectivity index (χ4n) is 2.81. The Morgan fingerprint density at radius 3 is 2.96 bits per heavy atom. The molecule has 3 aromatic rings. The van der Waals surface area contributed by atoms with E-state index < -0.39 is 0 Å². The van der Waals surface area contributed by atoms with Gasteiger partial charge in [0.05, 0.1) is 7.11 Å². The number of nitrogens with zero attached hydrogens (tertiary/aromatic N) is 4. The first-order chi connectivity index (χ1) is 11.8. The summed E-state index contributed by atoms with van der Waals surface area (Å²) in [6.45, 7) is 0. The molecule has 0 radical (unpaired) electrons. The highest BCUT2D eigenvalue weighted by Gasteiger charge is 2.44. The fourth-order valence-corrected chi connectivity index (χ4v) is 2.81. The summed E-state index contributed by atoms with van der Waals surface area (Å²) >= 11 is 0. The third kappa shape index (κ3) is 2.68. The van der Waals surface area contributed by atoms with Gasteiger partial charge in [0.2, 0.25) is 11.7 Å². The van der Waals surface area contributed by atoms with E-state index >= 15 is 0 Å². The van der Waals surface area contributed by atoms with Crippen molar-refractivity contribution < 1.29 is 9.26 Å².